The number of halogens is 1. The Bertz CT molecular complexity index is 420. The number of rotatable bonds is 2. The van der Waals surface area contributed by atoms with Crippen LogP contribution in [0.25, 0.3) is 10.9 Å². The Balaban J connectivity index is 2.55. The fourth-order valence-corrected chi connectivity index (χ4v) is 1.46. The van der Waals surface area contributed by atoms with Gasteiger partial charge in [-0.3, -0.25) is 0 Å². The van der Waals surface area contributed by atoms with Gasteiger partial charge in [0.25, 0.3) is 0 Å². The maximum absolute atomic E-state index is 13.2. The molecule has 1 aromatic heterocycles. The molecule has 0 aliphatic carbocycles. The Labute approximate surface area is 75.8 Å². The van der Waals surface area contributed by atoms with Crippen LogP contribution in [0.1, 0.15) is 5.69 Å². The zero-order chi connectivity index (χ0) is 9.26. The van der Waals surface area contributed by atoms with E-state index in [9.17, 15) is 4.39 Å². The number of hydrogen-bond acceptors (Lipinski definition) is 1. The first kappa shape index (κ1) is 8.26. The number of hydrogen-bond donors (Lipinski definition) is 2. The van der Waals surface area contributed by atoms with Crippen LogP contribution in [0.3, 0.4) is 0 Å². The first-order valence-electron chi connectivity index (χ1n) is 4.22. The molecule has 68 valence electrons. The number of fused-ring (bicyclic) bond motifs is 1. The summed E-state index contributed by atoms with van der Waals surface area (Å²) in [6.45, 7) is 0.730. The van der Waals surface area contributed by atoms with Crippen molar-refractivity contribution in [2.24, 2.45) is 0 Å². The predicted molar refractivity (Wildman–Crippen MR) is 51.0 cm³/mol. The second-order valence-electron chi connectivity index (χ2n) is 3.03. The lowest BCUT2D eigenvalue weighted by Gasteiger charge is -1.91. The highest BCUT2D eigenvalue weighted by molar-refractivity contribution is 5.80. The van der Waals surface area contributed by atoms with Crippen molar-refractivity contribution in [3.63, 3.8) is 0 Å². The van der Waals surface area contributed by atoms with Gasteiger partial charge in [0, 0.05) is 23.1 Å². The molecule has 2 rings (SSSR count). The van der Waals surface area contributed by atoms with E-state index in [1.165, 1.54) is 6.07 Å². The first-order valence-corrected chi connectivity index (χ1v) is 4.22. The average molecular weight is 178 g/mol. The minimum atomic E-state index is -0.170. The monoisotopic (exact) mass is 178 g/mol. The first-order chi connectivity index (χ1) is 6.31. The molecule has 0 bridgehead atoms. The maximum atomic E-state index is 13.2. The van der Waals surface area contributed by atoms with Crippen molar-refractivity contribution < 1.29 is 4.39 Å². The van der Waals surface area contributed by atoms with Crippen LogP contribution >= 0.6 is 0 Å². The number of aromatic nitrogens is 1. The molecule has 0 saturated carbocycles. The predicted octanol–water partition coefficient (Wildman–Crippen LogP) is 2.03. The van der Waals surface area contributed by atoms with Gasteiger partial charge in [-0.15, -0.1) is 0 Å². The van der Waals surface area contributed by atoms with Crippen LogP contribution in [-0.2, 0) is 6.54 Å². The van der Waals surface area contributed by atoms with Crippen LogP contribution in [0.5, 0.6) is 0 Å². The van der Waals surface area contributed by atoms with Gasteiger partial charge in [0.2, 0.25) is 0 Å². The lowest BCUT2D eigenvalue weighted by atomic mass is 10.2. The van der Waals surface area contributed by atoms with E-state index in [0.717, 1.165) is 17.8 Å². The van der Waals surface area contributed by atoms with Crippen LogP contribution < -0.4 is 5.32 Å². The van der Waals surface area contributed by atoms with Crippen molar-refractivity contribution in [2.75, 3.05) is 7.05 Å². The molecule has 13 heavy (non-hydrogen) atoms. The number of nitrogens with one attached hydrogen (secondary N) is 2. The van der Waals surface area contributed by atoms with Gasteiger partial charge < -0.3 is 10.3 Å². The molecule has 0 aliphatic heterocycles. The van der Waals surface area contributed by atoms with Gasteiger partial charge in [0.05, 0.1) is 0 Å². The van der Waals surface area contributed by atoms with Gasteiger partial charge in [0.15, 0.2) is 0 Å². The molecule has 0 aliphatic rings. The summed E-state index contributed by atoms with van der Waals surface area (Å²) in [5, 5.41) is 3.67. The third kappa shape index (κ3) is 1.42. The van der Waals surface area contributed by atoms with Gasteiger partial charge in [-0.05, 0) is 25.2 Å². The summed E-state index contributed by atoms with van der Waals surface area (Å²) in [5.74, 6) is -0.170. The van der Waals surface area contributed by atoms with Crippen molar-refractivity contribution in [3.8, 4) is 0 Å². The highest BCUT2D eigenvalue weighted by atomic mass is 19.1. The second kappa shape index (κ2) is 3.18. The summed E-state index contributed by atoms with van der Waals surface area (Å²) in [5.41, 5.74) is 1.85. The zero-order valence-corrected chi connectivity index (χ0v) is 7.39. The molecule has 2 nitrogen and oxygen atoms in total. The molecule has 2 N–H and O–H groups in total. The third-order valence-corrected chi connectivity index (χ3v) is 2.03. The van der Waals surface area contributed by atoms with E-state index in [0.29, 0.717) is 5.39 Å². The zero-order valence-electron chi connectivity index (χ0n) is 7.39. The topological polar surface area (TPSA) is 27.8 Å². The van der Waals surface area contributed by atoms with Crippen LogP contribution in [-0.4, -0.2) is 12.0 Å². The van der Waals surface area contributed by atoms with Gasteiger partial charge in [0.1, 0.15) is 5.82 Å². The summed E-state index contributed by atoms with van der Waals surface area (Å²) in [6, 6.07) is 6.88. The molecule has 3 heteroatoms. The fourth-order valence-electron chi connectivity index (χ4n) is 1.46. The minimum Gasteiger partial charge on any atom is -0.357 e. The molecule has 0 atom stereocenters. The Morgan fingerprint density at radius 2 is 2.31 bits per heavy atom. The normalized spacial score (nSPS) is 10.9. The van der Waals surface area contributed by atoms with E-state index in [1.807, 2.05) is 19.2 Å². The van der Waals surface area contributed by atoms with Crippen LogP contribution in [0, 0.1) is 5.82 Å². The van der Waals surface area contributed by atoms with E-state index in [2.05, 4.69) is 10.3 Å². The molecule has 0 saturated heterocycles. The Kier molecular flexibility index (Phi) is 2.02. The SMILES string of the molecule is CNCc1cc2c(F)cccc2[nH]1. The average Bonchev–Trinajstić information content (AvgIpc) is 2.49. The summed E-state index contributed by atoms with van der Waals surface area (Å²) >= 11 is 0. The molecule has 0 fully saturated rings. The number of benzene rings is 1. The fraction of sp³-hybridized carbons (Fsp3) is 0.200. The smallest absolute Gasteiger partial charge is 0.132 e. The summed E-state index contributed by atoms with van der Waals surface area (Å²) in [7, 11) is 1.86. The van der Waals surface area contributed by atoms with E-state index in [4.69, 9.17) is 0 Å². The Morgan fingerprint density at radius 1 is 1.46 bits per heavy atom. The summed E-state index contributed by atoms with van der Waals surface area (Å²) < 4.78 is 13.2. The molecule has 0 unspecified atom stereocenters. The molecule has 0 spiro atoms. The largest absolute Gasteiger partial charge is 0.357 e. The lowest BCUT2D eigenvalue weighted by molar-refractivity contribution is 0.640. The molecule has 0 amide bonds. The molecule has 0 radical (unpaired) electrons. The number of H-pyrrole nitrogens is 1. The van der Waals surface area contributed by atoms with E-state index in [1.54, 1.807) is 6.07 Å². The Morgan fingerprint density at radius 3 is 3.00 bits per heavy atom. The van der Waals surface area contributed by atoms with Crippen molar-refractivity contribution in [1.29, 1.82) is 0 Å². The lowest BCUT2D eigenvalue weighted by Crippen LogP contribution is -2.04. The van der Waals surface area contributed by atoms with Gasteiger partial charge in [-0.1, -0.05) is 6.07 Å². The number of aromatic amines is 1. The quantitative estimate of drug-likeness (QED) is 0.723. The highest BCUT2D eigenvalue weighted by Crippen LogP contribution is 2.18. The molecule has 1 aromatic carbocycles. The van der Waals surface area contributed by atoms with E-state index in [-0.39, 0.29) is 5.82 Å². The summed E-state index contributed by atoms with van der Waals surface area (Å²) in [4.78, 5) is 3.13. The molecule has 1 heterocycles. The third-order valence-electron chi connectivity index (χ3n) is 2.03. The highest BCUT2D eigenvalue weighted by Gasteiger charge is 2.03. The molecule has 2 aromatic rings. The van der Waals surface area contributed by atoms with Gasteiger partial charge >= 0.3 is 0 Å². The van der Waals surface area contributed by atoms with E-state index >= 15 is 0 Å². The minimum absolute atomic E-state index is 0.170. The van der Waals surface area contributed by atoms with Gasteiger partial charge in [-0.2, -0.15) is 0 Å². The standard InChI is InChI=1S/C10H11FN2/c1-12-6-7-5-8-9(11)3-2-4-10(8)13-7/h2-5,12-13H,6H2,1H3. The van der Waals surface area contributed by atoms with Crippen LogP contribution in [0.2, 0.25) is 0 Å². The van der Waals surface area contributed by atoms with Crippen molar-refractivity contribution in [2.45, 2.75) is 6.54 Å². The van der Waals surface area contributed by atoms with E-state index < -0.39 is 0 Å². The second-order valence-corrected chi connectivity index (χ2v) is 3.03. The van der Waals surface area contributed by atoms with Crippen LogP contribution in [0.4, 0.5) is 4.39 Å². The van der Waals surface area contributed by atoms with Crippen molar-refractivity contribution in [1.82, 2.24) is 10.3 Å². The van der Waals surface area contributed by atoms with Gasteiger partial charge in [-0.25, -0.2) is 4.39 Å². The maximum Gasteiger partial charge on any atom is 0.132 e. The Hall–Kier alpha value is -1.35. The summed E-state index contributed by atoms with van der Waals surface area (Å²) in [6.07, 6.45) is 0. The van der Waals surface area contributed by atoms with Crippen molar-refractivity contribution >= 4 is 10.9 Å². The molecular formula is C10H11FN2. The van der Waals surface area contributed by atoms with Crippen LogP contribution in [0.15, 0.2) is 24.3 Å². The van der Waals surface area contributed by atoms with Crippen molar-refractivity contribution in [3.05, 3.63) is 35.8 Å². The molecular weight excluding hydrogens is 167 g/mol.